The first kappa shape index (κ1) is 13.3. The van der Waals surface area contributed by atoms with E-state index in [0.29, 0.717) is 16.3 Å². The van der Waals surface area contributed by atoms with E-state index < -0.39 is 5.56 Å². The van der Waals surface area contributed by atoms with Crippen LogP contribution < -0.4 is 5.56 Å². The van der Waals surface area contributed by atoms with E-state index in [1.165, 1.54) is 18.0 Å². The fourth-order valence-electron chi connectivity index (χ4n) is 2.06. The Hall–Kier alpha value is -2.72. The molecule has 0 unspecified atom stereocenters. The molecule has 0 radical (unpaired) electrons. The molecule has 1 aliphatic rings. The number of aliphatic imine (C=N–C) groups is 1. The molecule has 6 nitrogen and oxygen atoms in total. The first-order valence-electron chi connectivity index (χ1n) is 5.95. The highest BCUT2D eigenvalue weighted by Crippen LogP contribution is 2.25. The number of hydrogen-bond acceptors (Lipinski definition) is 5. The zero-order valence-corrected chi connectivity index (χ0v) is 11.7. The molecule has 102 valence electrons. The van der Waals surface area contributed by atoms with E-state index in [9.17, 15) is 9.59 Å². The second-order valence-corrected chi connectivity index (χ2v) is 5.07. The molecule has 3 rings (SSSR count). The number of nitrogens with zero attached hydrogens (tertiary/aromatic N) is 3. The number of carbonyl (C=O) groups excluding carboxylic acids is 1. The largest absolute Gasteiger partial charge is 0.300 e. The Kier molecular flexibility index (Phi) is 3.16. The molecule has 0 fully saturated rings. The average molecular weight is 296 g/mol. The summed E-state index contributed by atoms with van der Waals surface area (Å²) in [4.78, 5) is 34.1. The minimum absolute atomic E-state index is 0.0703. The number of rotatable bonds is 2. The summed E-state index contributed by atoms with van der Waals surface area (Å²) in [5.41, 5.74) is 1.43. The van der Waals surface area contributed by atoms with E-state index >= 15 is 0 Å². The van der Waals surface area contributed by atoms with Crippen LogP contribution in [0.4, 0.5) is 0 Å². The van der Waals surface area contributed by atoms with Crippen LogP contribution in [0.2, 0.25) is 0 Å². The van der Waals surface area contributed by atoms with Gasteiger partial charge in [-0.1, -0.05) is 23.9 Å². The summed E-state index contributed by atoms with van der Waals surface area (Å²) >= 11 is 1.27. The van der Waals surface area contributed by atoms with Gasteiger partial charge in [-0.25, -0.2) is 9.98 Å². The molecule has 0 aliphatic carbocycles. The number of benzene rings is 1. The number of H-pyrrole nitrogens is 1. The Bertz CT molecular complexity index is 893. The van der Waals surface area contributed by atoms with Crippen molar-refractivity contribution in [2.24, 2.45) is 4.99 Å². The van der Waals surface area contributed by atoms with Crippen LogP contribution in [0.25, 0.3) is 11.3 Å². The number of amides is 1. The molecule has 1 amide bonds. The monoisotopic (exact) mass is 296 g/mol. The van der Waals surface area contributed by atoms with Gasteiger partial charge in [0.2, 0.25) is 0 Å². The van der Waals surface area contributed by atoms with Crippen molar-refractivity contribution >= 4 is 23.9 Å². The molecule has 2 aromatic rings. The topological polar surface area (TPSA) is 99.0 Å². The van der Waals surface area contributed by atoms with Crippen LogP contribution in [0.3, 0.4) is 0 Å². The summed E-state index contributed by atoms with van der Waals surface area (Å²) < 4.78 is 0. The zero-order chi connectivity index (χ0) is 15.0. The smallest absolute Gasteiger partial charge is 0.277 e. The van der Waals surface area contributed by atoms with E-state index in [0.717, 1.165) is 5.56 Å². The zero-order valence-electron chi connectivity index (χ0n) is 10.9. The summed E-state index contributed by atoms with van der Waals surface area (Å²) in [5.74, 6) is -0.333. The second-order valence-electron chi connectivity index (χ2n) is 4.28. The third kappa shape index (κ3) is 2.15. The van der Waals surface area contributed by atoms with Crippen LogP contribution in [0.1, 0.15) is 21.5 Å². The summed E-state index contributed by atoms with van der Waals surface area (Å²) in [6, 6.07) is 6.91. The number of aromatic nitrogens is 2. The maximum absolute atomic E-state index is 11.9. The van der Waals surface area contributed by atoms with E-state index in [1.54, 1.807) is 24.5 Å². The van der Waals surface area contributed by atoms with Crippen LogP contribution >= 0.6 is 11.8 Å². The summed E-state index contributed by atoms with van der Waals surface area (Å²) in [7, 11) is 0. The lowest BCUT2D eigenvalue weighted by molar-refractivity contribution is 0.101. The Labute approximate surface area is 123 Å². The fourth-order valence-corrected chi connectivity index (χ4v) is 2.44. The Morgan fingerprint density at radius 1 is 1.33 bits per heavy atom. The minimum atomic E-state index is -0.491. The van der Waals surface area contributed by atoms with Gasteiger partial charge in [0, 0.05) is 17.3 Å². The molecule has 7 heteroatoms. The first-order chi connectivity index (χ1) is 10.1. The lowest BCUT2D eigenvalue weighted by atomic mass is 10.0. The quantitative estimate of drug-likeness (QED) is 0.670. The highest BCUT2D eigenvalue weighted by atomic mass is 32.2. The summed E-state index contributed by atoms with van der Waals surface area (Å²) in [6.07, 6.45) is 3.26. The Morgan fingerprint density at radius 2 is 2.14 bits per heavy atom. The molecule has 0 saturated heterocycles. The molecule has 1 aromatic heterocycles. The van der Waals surface area contributed by atoms with E-state index in [2.05, 4.69) is 15.0 Å². The summed E-state index contributed by atoms with van der Waals surface area (Å²) in [5, 5.41) is 9.58. The number of nitriles is 1. The van der Waals surface area contributed by atoms with Gasteiger partial charge in [0.15, 0.2) is 5.16 Å². The molecular formula is C14H8N4O2S. The van der Waals surface area contributed by atoms with E-state index in [-0.39, 0.29) is 17.2 Å². The van der Waals surface area contributed by atoms with Crippen molar-refractivity contribution in [3.8, 4) is 17.3 Å². The number of carbonyl (C=O) groups is 1. The van der Waals surface area contributed by atoms with Crippen molar-refractivity contribution in [2.45, 2.75) is 5.16 Å². The van der Waals surface area contributed by atoms with Gasteiger partial charge in [0.1, 0.15) is 11.6 Å². The normalized spacial score (nSPS) is 12.3. The van der Waals surface area contributed by atoms with Crippen LogP contribution in [0.5, 0.6) is 0 Å². The number of hydrogen-bond donors (Lipinski definition) is 1. The average Bonchev–Trinajstić information content (AvgIpc) is 2.87. The van der Waals surface area contributed by atoms with Crippen molar-refractivity contribution in [3.63, 3.8) is 0 Å². The Balaban J connectivity index is 2.24. The van der Waals surface area contributed by atoms with E-state index in [4.69, 9.17) is 5.26 Å². The van der Waals surface area contributed by atoms with Crippen LogP contribution in [-0.4, -0.2) is 28.3 Å². The van der Waals surface area contributed by atoms with E-state index in [1.807, 2.05) is 6.07 Å². The van der Waals surface area contributed by atoms with Gasteiger partial charge in [-0.15, -0.1) is 0 Å². The molecular weight excluding hydrogens is 288 g/mol. The highest BCUT2D eigenvalue weighted by molar-refractivity contribution is 7.98. The van der Waals surface area contributed by atoms with Crippen LogP contribution in [0, 0.1) is 11.3 Å². The van der Waals surface area contributed by atoms with Gasteiger partial charge >= 0.3 is 0 Å². The van der Waals surface area contributed by atoms with Crippen molar-refractivity contribution in [1.82, 2.24) is 9.97 Å². The predicted molar refractivity (Wildman–Crippen MR) is 78.7 cm³/mol. The SMILES string of the molecule is CSc1nc(-c2ccc3c(c2)C(=O)N=C3)c(C#N)c(=O)[nH]1. The maximum atomic E-state index is 11.9. The van der Waals surface area contributed by atoms with Crippen molar-refractivity contribution in [3.05, 3.63) is 45.2 Å². The third-order valence-electron chi connectivity index (χ3n) is 3.08. The number of aromatic amines is 1. The number of fused-ring (bicyclic) bond motifs is 1. The fraction of sp³-hybridized carbons (Fsp3) is 0.0714. The lowest BCUT2D eigenvalue weighted by Crippen LogP contribution is -2.14. The molecule has 0 atom stereocenters. The van der Waals surface area contributed by atoms with Gasteiger partial charge in [-0.05, 0) is 12.3 Å². The van der Waals surface area contributed by atoms with Gasteiger partial charge in [-0.2, -0.15) is 5.26 Å². The molecule has 2 heterocycles. The highest BCUT2D eigenvalue weighted by Gasteiger charge is 2.19. The second kappa shape index (κ2) is 5.00. The van der Waals surface area contributed by atoms with Crippen molar-refractivity contribution in [1.29, 1.82) is 5.26 Å². The Morgan fingerprint density at radius 3 is 2.86 bits per heavy atom. The molecule has 1 N–H and O–H groups in total. The van der Waals surface area contributed by atoms with Crippen LogP contribution in [-0.2, 0) is 0 Å². The third-order valence-corrected chi connectivity index (χ3v) is 3.66. The predicted octanol–water partition coefficient (Wildman–Crippen LogP) is 1.60. The standard InChI is InChI=1S/C14H8N4O2S/c1-21-14-17-11(10(5-15)13(20)18-14)7-2-3-8-6-16-12(19)9(8)4-7/h2-4,6H,1H3,(H,17,18,20). The van der Waals surface area contributed by atoms with Gasteiger partial charge in [0.25, 0.3) is 11.5 Å². The van der Waals surface area contributed by atoms with Gasteiger partial charge in [0.05, 0.1) is 11.3 Å². The molecule has 1 aromatic carbocycles. The maximum Gasteiger partial charge on any atom is 0.277 e. The minimum Gasteiger partial charge on any atom is -0.300 e. The number of thioether (sulfide) groups is 1. The lowest BCUT2D eigenvalue weighted by Gasteiger charge is -2.06. The van der Waals surface area contributed by atoms with Gasteiger partial charge < -0.3 is 4.98 Å². The molecule has 0 saturated carbocycles. The molecule has 21 heavy (non-hydrogen) atoms. The molecule has 0 bridgehead atoms. The van der Waals surface area contributed by atoms with Crippen molar-refractivity contribution in [2.75, 3.05) is 6.26 Å². The summed E-state index contributed by atoms with van der Waals surface area (Å²) in [6.45, 7) is 0. The molecule has 1 aliphatic heterocycles. The number of nitrogens with one attached hydrogen (secondary N) is 1. The molecule has 0 spiro atoms. The van der Waals surface area contributed by atoms with Crippen molar-refractivity contribution < 1.29 is 4.79 Å². The first-order valence-corrected chi connectivity index (χ1v) is 7.17. The van der Waals surface area contributed by atoms with Gasteiger partial charge in [-0.3, -0.25) is 9.59 Å². The van der Waals surface area contributed by atoms with Crippen LogP contribution in [0.15, 0.2) is 33.1 Å².